The Kier molecular flexibility index (Phi) is 3.36. The standard InChI is InChI=1S/C15H16ClN3OS/c16-14-5-10-7-17-11(6-13(10)21-14)15(20)18-12-8-19-3-1-9(12)2-4-19/h5-7,9,12H,1-4,8H2,(H,18,20). The number of carbonyl (C=O) groups excluding carboxylic acids is 1. The van der Waals surface area contributed by atoms with Gasteiger partial charge in [0.2, 0.25) is 0 Å². The van der Waals surface area contributed by atoms with Crippen molar-refractivity contribution in [3.8, 4) is 0 Å². The van der Waals surface area contributed by atoms with Crippen molar-refractivity contribution in [3.05, 3.63) is 28.4 Å². The number of amides is 1. The van der Waals surface area contributed by atoms with E-state index >= 15 is 0 Å². The topological polar surface area (TPSA) is 45.2 Å². The molecular weight excluding hydrogens is 306 g/mol. The van der Waals surface area contributed by atoms with E-state index in [1.54, 1.807) is 6.20 Å². The molecule has 1 N–H and O–H groups in total. The van der Waals surface area contributed by atoms with Crippen molar-refractivity contribution < 1.29 is 4.79 Å². The van der Waals surface area contributed by atoms with Crippen LogP contribution in [0.3, 0.4) is 0 Å². The third-order valence-corrected chi connectivity index (χ3v) is 5.80. The maximum absolute atomic E-state index is 12.4. The molecule has 0 saturated carbocycles. The number of thiophene rings is 1. The predicted octanol–water partition coefficient (Wildman–Crippen LogP) is 2.77. The zero-order valence-electron chi connectivity index (χ0n) is 11.5. The Morgan fingerprint density at radius 1 is 1.38 bits per heavy atom. The molecule has 2 bridgehead atoms. The lowest BCUT2D eigenvalue weighted by molar-refractivity contribution is 0.0618. The van der Waals surface area contributed by atoms with Crippen LogP contribution in [-0.2, 0) is 0 Å². The van der Waals surface area contributed by atoms with Crippen LogP contribution < -0.4 is 5.32 Å². The normalized spacial score (nSPS) is 28.0. The maximum Gasteiger partial charge on any atom is 0.270 e. The molecule has 0 aliphatic carbocycles. The van der Waals surface area contributed by atoms with Crippen molar-refractivity contribution >= 4 is 38.9 Å². The number of fused-ring (bicyclic) bond motifs is 4. The molecule has 3 aliphatic rings. The first-order valence-corrected chi connectivity index (χ1v) is 8.47. The number of hydrogen-bond donors (Lipinski definition) is 1. The molecule has 110 valence electrons. The minimum atomic E-state index is -0.0693. The summed E-state index contributed by atoms with van der Waals surface area (Å²) in [6.07, 6.45) is 4.11. The van der Waals surface area contributed by atoms with Gasteiger partial charge in [-0.3, -0.25) is 9.78 Å². The van der Waals surface area contributed by atoms with Crippen molar-refractivity contribution in [2.45, 2.75) is 18.9 Å². The van der Waals surface area contributed by atoms with Crippen LogP contribution >= 0.6 is 22.9 Å². The average molecular weight is 322 g/mol. The van der Waals surface area contributed by atoms with Crippen LogP contribution in [0.1, 0.15) is 23.3 Å². The zero-order chi connectivity index (χ0) is 14.4. The Labute approximate surface area is 132 Å². The fourth-order valence-electron chi connectivity index (χ4n) is 3.40. The lowest BCUT2D eigenvalue weighted by atomic mass is 9.84. The van der Waals surface area contributed by atoms with E-state index in [9.17, 15) is 4.79 Å². The molecule has 1 atom stereocenters. The third kappa shape index (κ3) is 2.54. The Balaban J connectivity index is 1.53. The summed E-state index contributed by atoms with van der Waals surface area (Å²) in [5.41, 5.74) is 0.484. The van der Waals surface area contributed by atoms with Crippen molar-refractivity contribution in [1.82, 2.24) is 15.2 Å². The second kappa shape index (κ2) is 5.23. The van der Waals surface area contributed by atoms with Gasteiger partial charge in [-0.2, -0.15) is 0 Å². The highest BCUT2D eigenvalue weighted by atomic mass is 35.5. The smallest absolute Gasteiger partial charge is 0.270 e. The first-order valence-electron chi connectivity index (χ1n) is 7.27. The molecule has 5 rings (SSSR count). The summed E-state index contributed by atoms with van der Waals surface area (Å²) < 4.78 is 1.73. The minimum Gasteiger partial charge on any atom is -0.346 e. The highest BCUT2D eigenvalue weighted by molar-refractivity contribution is 7.22. The second-order valence-corrected chi connectivity index (χ2v) is 7.59. The van der Waals surface area contributed by atoms with E-state index in [1.165, 1.54) is 37.3 Å². The van der Waals surface area contributed by atoms with Crippen LogP contribution in [0.25, 0.3) is 10.1 Å². The maximum atomic E-state index is 12.4. The fourth-order valence-corrected chi connectivity index (χ4v) is 4.56. The van der Waals surface area contributed by atoms with Gasteiger partial charge in [0.1, 0.15) is 5.69 Å². The van der Waals surface area contributed by atoms with Gasteiger partial charge in [0.25, 0.3) is 5.91 Å². The largest absolute Gasteiger partial charge is 0.346 e. The predicted molar refractivity (Wildman–Crippen MR) is 85.0 cm³/mol. The van der Waals surface area contributed by atoms with E-state index in [0.717, 1.165) is 21.0 Å². The van der Waals surface area contributed by atoms with E-state index in [4.69, 9.17) is 11.6 Å². The van der Waals surface area contributed by atoms with Crippen molar-refractivity contribution in [3.63, 3.8) is 0 Å². The number of halogens is 1. The molecule has 2 aromatic rings. The lowest BCUT2D eigenvalue weighted by Gasteiger charge is -2.44. The van der Waals surface area contributed by atoms with E-state index in [1.807, 2.05) is 12.1 Å². The van der Waals surface area contributed by atoms with Crippen LogP contribution in [0, 0.1) is 5.92 Å². The highest BCUT2D eigenvalue weighted by Crippen LogP contribution is 2.30. The molecule has 0 radical (unpaired) electrons. The van der Waals surface area contributed by atoms with Crippen LogP contribution in [0.2, 0.25) is 4.34 Å². The van der Waals surface area contributed by atoms with Gasteiger partial charge in [-0.25, -0.2) is 0 Å². The monoisotopic (exact) mass is 321 g/mol. The molecule has 3 aliphatic heterocycles. The Morgan fingerprint density at radius 3 is 2.90 bits per heavy atom. The van der Waals surface area contributed by atoms with Gasteiger partial charge in [-0.05, 0) is 44.0 Å². The molecule has 3 fully saturated rings. The van der Waals surface area contributed by atoms with E-state index in [-0.39, 0.29) is 11.9 Å². The Bertz CT molecular complexity index is 693. The van der Waals surface area contributed by atoms with E-state index in [0.29, 0.717) is 11.6 Å². The van der Waals surface area contributed by atoms with Gasteiger partial charge in [0.05, 0.1) is 4.34 Å². The van der Waals surface area contributed by atoms with Gasteiger partial charge in [-0.1, -0.05) is 11.6 Å². The third-order valence-electron chi connectivity index (χ3n) is 4.58. The van der Waals surface area contributed by atoms with Gasteiger partial charge < -0.3 is 10.2 Å². The van der Waals surface area contributed by atoms with Crippen molar-refractivity contribution in [2.75, 3.05) is 19.6 Å². The second-order valence-electron chi connectivity index (χ2n) is 5.88. The molecule has 0 aromatic carbocycles. The highest BCUT2D eigenvalue weighted by Gasteiger charge is 2.35. The quantitative estimate of drug-likeness (QED) is 0.925. The van der Waals surface area contributed by atoms with E-state index in [2.05, 4.69) is 15.2 Å². The number of carbonyl (C=O) groups is 1. The summed E-state index contributed by atoms with van der Waals surface area (Å²) in [6.45, 7) is 3.33. The summed E-state index contributed by atoms with van der Waals surface area (Å²) in [5, 5.41) is 4.16. The molecule has 2 aromatic heterocycles. The average Bonchev–Trinajstić information content (AvgIpc) is 2.87. The van der Waals surface area contributed by atoms with Crippen LogP contribution in [-0.4, -0.2) is 41.5 Å². The molecule has 0 spiro atoms. The minimum absolute atomic E-state index is 0.0693. The van der Waals surface area contributed by atoms with Crippen molar-refractivity contribution in [2.24, 2.45) is 5.92 Å². The molecule has 1 amide bonds. The number of aromatic nitrogens is 1. The number of nitrogens with one attached hydrogen (secondary N) is 1. The number of rotatable bonds is 2. The molecular formula is C15H16ClN3OS. The molecule has 1 unspecified atom stereocenters. The zero-order valence-corrected chi connectivity index (χ0v) is 13.1. The molecule has 21 heavy (non-hydrogen) atoms. The molecule has 6 heteroatoms. The molecule has 4 nitrogen and oxygen atoms in total. The van der Waals surface area contributed by atoms with Crippen LogP contribution in [0.4, 0.5) is 0 Å². The van der Waals surface area contributed by atoms with Gasteiger partial charge in [0.15, 0.2) is 0 Å². The van der Waals surface area contributed by atoms with Gasteiger partial charge in [0, 0.05) is 28.9 Å². The first-order chi connectivity index (χ1) is 10.2. The summed E-state index contributed by atoms with van der Waals surface area (Å²) in [6, 6.07) is 3.98. The SMILES string of the molecule is O=C(NC1CN2CCC1CC2)c1cc2sc(Cl)cc2cn1. The van der Waals surface area contributed by atoms with Gasteiger partial charge >= 0.3 is 0 Å². The number of piperidine rings is 3. The number of nitrogens with zero attached hydrogens (tertiary/aromatic N) is 2. The van der Waals surface area contributed by atoms with Crippen LogP contribution in [0.15, 0.2) is 18.3 Å². The lowest BCUT2D eigenvalue weighted by Crippen LogP contribution is -2.57. The summed E-state index contributed by atoms with van der Waals surface area (Å²) in [4.78, 5) is 19.1. The van der Waals surface area contributed by atoms with E-state index < -0.39 is 0 Å². The first kappa shape index (κ1) is 13.5. The Hall–Kier alpha value is -1.17. The summed E-state index contributed by atoms with van der Waals surface area (Å²) >= 11 is 7.48. The molecule has 3 saturated heterocycles. The van der Waals surface area contributed by atoms with Crippen molar-refractivity contribution in [1.29, 1.82) is 0 Å². The number of pyridine rings is 1. The van der Waals surface area contributed by atoms with Crippen LogP contribution in [0.5, 0.6) is 0 Å². The van der Waals surface area contributed by atoms with Gasteiger partial charge in [-0.15, -0.1) is 11.3 Å². The summed E-state index contributed by atoms with van der Waals surface area (Å²) in [5.74, 6) is 0.555. The fraction of sp³-hybridized carbons (Fsp3) is 0.467. The molecule has 5 heterocycles. The number of hydrogen-bond acceptors (Lipinski definition) is 4. The Morgan fingerprint density at radius 2 is 2.19 bits per heavy atom. The summed E-state index contributed by atoms with van der Waals surface area (Å²) in [7, 11) is 0.